The van der Waals surface area contributed by atoms with E-state index in [1.807, 2.05) is 13.8 Å². The molecule has 0 radical (unpaired) electrons. The molecule has 5 N–H and O–H groups in total. The third kappa shape index (κ3) is 17.8. The van der Waals surface area contributed by atoms with Gasteiger partial charge in [0.25, 0.3) is 0 Å². The third-order valence-electron chi connectivity index (χ3n) is 6.33. The van der Waals surface area contributed by atoms with Crippen molar-refractivity contribution < 1.29 is 19.5 Å². The van der Waals surface area contributed by atoms with Crippen LogP contribution in [0.5, 0.6) is 0 Å². The first-order valence-electron chi connectivity index (χ1n) is 13.9. The number of hydrogen-bond donors (Lipinski definition) is 4. The number of hydrogen-bond acceptors (Lipinski definition) is 4. The summed E-state index contributed by atoms with van der Waals surface area (Å²) in [5.41, 5.74) is 5.46. The fourth-order valence-electron chi connectivity index (χ4n) is 4.10. The van der Waals surface area contributed by atoms with Gasteiger partial charge in [0, 0.05) is 6.42 Å². The first-order chi connectivity index (χ1) is 16.3. The van der Waals surface area contributed by atoms with Gasteiger partial charge in [-0.2, -0.15) is 0 Å². The summed E-state index contributed by atoms with van der Waals surface area (Å²) in [5.74, 6) is -1.78. The molecule has 2 amide bonds. The molecular formula is C27H53N3O4. The van der Waals surface area contributed by atoms with Crippen LogP contribution in [0.1, 0.15) is 130 Å². The zero-order chi connectivity index (χ0) is 25.6. The number of nitrogens with two attached hydrogens (primary N) is 1. The van der Waals surface area contributed by atoms with Crippen LogP contribution in [0.15, 0.2) is 0 Å². The van der Waals surface area contributed by atoms with Gasteiger partial charge in [-0.1, -0.05) is 97.8 Å². The number of nitrogens with one attached hydrogen (secondary N) is 2. The number of carboxylic acid groups (broad SMARTS) is 1. The van der Waals surface area contributed by atoms with Gasteiger partial charge in [0.05, 0.1) is 0 Å². The molecule has 0 heterocycles. The molecule has 0 unspecified atom stereocenters. The molecule has 0 fully saturated rings. The minimum atomic E-state index is -1.06. The number of carboxylic acids is 1. The quantitative estimate of drug-likeness (QED) is 0.147. The molecule has 0 spiro atoms. The maximum atomic E-state index is 12.6. The molecule has 0 bridgehead atoms. The first-order valence-corrected chi connectivity index (χ1v) is 13.9. The van der Waals surface area contributed by atoms with Gasteiger partial charge in [-0.3, -0.25) is 9.59 Å². The summed E-state index contributed by atoms with van der Waals surface area (Å²) in [6.45, 7) is 6.43. The van der Waals surface area contributed by atoms with E-state index >= 15 is 0 Å². The van der Waals surface area contributed by atoms with Crippen molar-refractivity contribution in [2.75, 3.05) is 6.54 Å². The van der Waals surface area contributed by atoms with E-state index in [1.165, 1.54) is 64.2 Å². The van der Waals surface area contributed by atoms with Crippen LogP contribution < -0.4 is 16.4 Å². The molecule has 0 aromatic heterocycles. The minimum absolute atomic E-state index is 0.130. The van der Waals surface area contributed by atoms with Gasteiger partial charge in [-0.05, 0) is 38.1 Å². The summed E-state index contributed by atoms with van der Waals surface area (Å²) in [5, 5.41) is 14.8. The average Bonchev–Trinajstić information content (AvgIpc) is 2.79. The Morgan fingerprint density at radius 2 is 1.24 bits per heavy atom. The lowest BCUT2D eigenvalue weighted by Crippen LogP contribution is -2.53. The standard InChI is InChI=1S/C27H53N3O4/c1-4-5-6-7-8-9-10-11-12-13-14-15-16-20-24(31)30-25(22(2)3)26(32)29-23(27(33)34)19-17-18-21-28/h22-23,25H,4-21,28H2,1-3H3,(H,29,32)(H,30,31)(H,33,34)/t23-,25-/m0/s1. The Balaban J connectivity index is 4.04. The molecule has 2 atom stereocenters. The van der Waals surface area contributed by atoms with Gasteiger partial charge >= 0.3 is 5.97 Å². The molecule has 200 valence electrons. The Morgan fingerprint density at radius 3 is 1.68 bits per heavy atom. The predicted octanol–water partition coefficient (Wildman–Crippen LogP) is 5.31. The normalized spacial score (nSPS) is 13.0. The first kappa shape index (κ1) is 32.4. The molecular weight excluding hydrogens is 430 g/mol. The molecule has 0 aromatic rings. The van der Waals surface area contributed by atoms with E-state index in [0.29, 0.717) is 32.2 Å². The summed E-state index contributed by atoms with van der Waals surface area (Å²) in [6, 6.07) is -1.69. The van der Waals surface area contributed by atoms with Crippen molar-refractivity contribution in [3.63, 3.8) is 0 Å². The van der Waals surface area contributed by atoms with Crippen molar-refractivity contribution in [1.29, 1.82) is 0 Å². The van der Waals surface area contributed by atoms with Gasteiger partial charge in [0.2, 0.25) is 11.8 Å². The molecule has 7 nitrogen and oxygen atoms in total. The van der Waals surface area contributed by atoms with Gasteiger partial charge in [-0.25, -0.2) is 4.79 Å². The second-order valence-electron chi connectivity index (χ2n) is 9.97. The predicted molar refractivity (Wildman–Crippen MR) is 140 cm³/mol. The fourth-order valence-corrected chi connectivity index (χ4v) is 4.10. The summed E-state index contributed by atoms with van der Waals surface area (Å²) in [7, 11) is 0. The number of carbonyl (C=O) groups excluding carboxylic acids is 2. The number of rotatable bonds is 23. The van der Waals surface area contributed by atoms with Gasteiger partial charge < -0.3 is 21.5 Å². The van der Waals surface area contributed by atoms with E-state index in [9.17, 15) is 19.5 Å². The summed E-state index contributed by atoms with van der Waals surface area (Å²) < 4.78 is 0. The lowest BCUT2D eigenvalue weighted by molar-refractivity contribution is -0.142. The second-order valence-corrected chi connectivity index (χ2v) is 9.97. The highest BCUT2D eigenvalue weighted by molar-refractivity contribution is 5.90. The summed E-state index contributed by atoms with van der Waals surface area (Å²) >= 11 is 0. The number of unbranched alkanes of at least 4 members (excludes halogenated alkanes) is 13. The van der Waals surface area contributed by atoms with Crippen LogP contribution in [0.2, 0.25) is 0 Å². The van der Waals surface area contributed by atoms with Crippen LogP contribution in [0.25, 0.3) is 0 Å². The molecule has 0 rings (SSSR count). The van der Waals surface area contributed by atoms with E-state index in [-0.39, 0.29) is 11.8 Å². The lowest BCUT2D eigenvalue weighted by Gasteiger charge is -2.24. The second kappa shape index (κ2) is 21.9. The van der Waals surface area contributed by atoms with Crippen molar-refractivity contribution in [1.82, 2.24) is 10.6 Å². The highest BCUT2D eigenvalue weighted by atomic mass is 16.4. The van der Waals surface area contributed by atoms with Gasteiger partial charge in [-0.15, -0.1) is 0 Å². The lowest BCUT2D eigenvalue weighted by atomic mass is 10.0. The zero-order valence-corrected chi connectivity index (χ0v) is 22.2. The minimum Gasteiger partial charge on any atom is -0.480 e. The SMILES string of the molecule is CCCCCCCCCCCCCCCC(=O)N[C@H](C(=O)N[C@@H](CCCCN)C(=O)O)C(C)C. The topological polar surface area (TPSA) is 122 Å². The number of carbonyl (C=O) groups is 3. The van der Waals surface area contributed by atoms with Crippen molar-refractivity contribution in [3.05, 3.63) is 0 Å². The maximum absolute atomic E-state index is 12.6. The summed E-state index contributed by atoms with van der Waals surface area (Å²) in [4.78, 5) is 36.5. The molecule has 0 aliphatic carbocycles. The fraction of sp³-hybridized carbons (Fsp3) is 0.889. The third-order valence-corrected chi connectivity index (χ3v) is 6.33. The van der Waals surface area contributed by atoms with Crippen LogP contribution in [0.4, 0.5) is 0 Å². The van der Waals surface area contributed by atoms with Crippen molar-refractivity contribution in [2.24, 2.45) is 11.7 Å². The van der Waals surface area contributed by atoms with E-state index in [1.54, 1.807) is 0 Å². The Labute approximate surface area is 208 Å². The molecule has 0 saturated heterocycles. The Bertz CT molecular complexity index is 540. The molecule has 0 aliphatic heterocycles. The summed E-state index contributed by atoms with van der Waals surface area (Å²) in [6.07, 6.45) is 18.3. The Kier molecular flexibility index (Phi) is 20.8. The van der Waals surface area contributed by atoms with E-state index in [4.69, 9.17) is 5.73 Å². The van der Waals surface area contributed by atoms with Crippen LogP contribution in [0.3, 0.4) is 0 Å². The van der Waals surface area contributed by atoms with Crippen LogP contribution in [0, 0.1) is 5.92 Å². The van der Waals surface area contributed by atoms with Gasteiger partial charge in [0.1, 0.15) is 12.1 Å². The van der Waals surface area contributed by atoms with E-state index in [2.05, 4.69) is 17.6 Å². The van der Waals surface area contributed by atoms with Crippen molar-refractivity contribution in [2.45, 2.75) is 142 Å². The van der Waals surface area contributed by atoms with Crippen molar-refractivity contribution in [3.8, 4) is 0 Å². The largest absolute Gasteiger partial charge is 0.480 e. The van der Waals surface area contributed by atoms with Crippen LogP contribution in [-0.4, -0.2) is 41.5 Å². The molecule has 34 heavy (non-hydrogen) atoms. The van der Waals surface area contributed by atoms with Crippen LogP contribution in [-0.2, 0) is 14.4 Å². The highest BCUT2D eigenvalue weighted by Gasteiger charge is 2.28. The number of amides is 2. The van der Waals surface area contributed by atoms with Gasteiger partial charge in [0.15, 0.2) is 0 Å². The monoisotopic (exact) mass is 483 g/mol. The van der Waals surface area contributed by atoms with Crippen molar-refractivity contribution >= 4 is 17.8 Å². The Morgan fingerprint density at radius 1 is 0.735 bits per heavy atom. The average molecular weight is 484 g/mol. The van der Waals surface area contributed by atoms with Crippen LogP contribution >= 0.6 is 0 Å². The smallest absolute Gasteiger partial charge is 0.326 e. The molecule has 0 saturated carbocycles. The van der Waals surface area contributed by atoms with E-state index in [0.717, 1.165) is 19.3 Å². The molecule has 7 heteroatoms. The van der Waals surface area contributed by atoms with E-state index < -0.39 is 24.0 Å². The zero-order valence-electron chi connectivity index (χ0n) is 22.2. The molecule has 0 aliphatic rings. The number of aliphatic carboxylic acids is 1. The molecule has 0 aromatic carbocycles. The Hall–Kier alpha value is -1.63. The highest BCUT2D eigenvalue weighted by Crippen LogP contribution is 2.13. The maximum Gasteiger partial charge on any atom is 0.326 e.